The van der Waals surface area contributed by atoms with Gasteiger partial charge in [-0.05, 0) is 37.2 Å². The molecule has 0 spiro atoms. The minimum absolute atomic E-state index is 0.354. The smallest absolute Gasteiger partial charge is 0.222 e. The lowest BCUT2D eigenvalue weighted by molar-refractivity contribution is -0.136. The van der Waals surface area contributed by atoms with Crippen LogP contribution in [0, 0.1) is 5.92 Å². The Hall–Kier alpha value is -1.35. The first-order valence-corrected chi connectivity index (χ1v) is 10.4. The molecule has 2 aliphatic carbocycles. The molecule has 0 aromatic heterocycles. The molecular weight excluding hydrogens is 308 g/mol. The molecule has 4 rings (SSSR count). The van der Waals surface area contributed by atoms with Crippen molar-refractivity contribution in [1.29, 1.82) is 0 Å². The lowest BCUT2D eigenvalue weighted by Crippen LogP contribution is -2.56. The summed E-state index contributed by atoms with van der Waals surface area (Å²) in [5, 5.41) is 0. The van der Waals surface area contributed by atoms with Gasteiger partial charge in [-0.15, -0.1) is 0 Å². The van der Waals surface area contributed by atoms with Crippen molar-refractivity contribution in [3.05, 3.63) is 35.9 Å². The van der Waals surface area contributed by atoms with Gasteiger partial charge in [0.15, 0.2) is 0 Å². The van der Waals surface area contributed by atoms with E-state index < -0.39 is 0 Å². The number of hydrogen-bond donors (Lipinski definition) is 0. The first-order chi connectivity index (χ1) is 12.3. The van der Waals surface area contributed by atoms with E-state index in [1.165, 1.54) is 44.1 Å². The second kappa shape index (κ2) is 7.90. The molecule has 3 heteroatoms. The van der Waals surface area contributed by atoms with Gasteiger partial charge in [0, 0.05) is 38.1 Å². The Labute approximate surface area is 152 Å². The number of rotatable bonds is 6. The SMILES string of the molecule is O=C(CCC1CCCC1)N1CCN(C2CC2)CC1Cc1ccccc1. The molecule has 1 atom stereocenters. The van der Waals surface area contributed by atoms with E-state index >= 15 is 0 Å². The van der Waals surface area contributed by atoms with E-state index in [2.05, 4.69) is 40.1 Å². The average Bonchev–Trinajstić information content (AvgIpc) is 3.36. The molecule has 3 fully saturated rings. The summed E-state index contributed by atoms with van der Waals surface area (Å²) in [4.78, 5) is 17.8. The number of carbonyl (C=O) groups is 1. The van der Waals surface area contributed by atoms with Crippen molar-refractivity contribution in [2.45, 2.75) is 69.9 Å². The summed E-state index contributed by atoms with van der Waals surface area (Å²) in [5.41, 5.74) is 1.36. The van der Waals surface area contributed by atoms with Crippen molar-refractivity contribution in [3.63, 3.8) is 0 Å². The maximum atomic E-state index is 13.0. The van der Waals surface area contributed by atoms with Crippen LogP contribution >= 0.6 is 0 Å². The largest absolute Gasteiger partial charge is 0.337 e. The quantitative estimate of drug-likeness (QED) is 0.785. The normalized spacial score (nSPS) is 25.4. The van der Waals surface area contributed by atoms with E-state index in [0.717, 1.165) is 50.9 Å². The van der Waals surface area contributed by atoms with Gasteiger partial charge in [-0.3, -0.25) is 9.69 Å². The molecule has 0 bridgehead atoms. The van der Waals surface area contributed by atoms with Crippen LogP contribution in [-0.2, 0) is 11.2 Å². The maximum absolute atomic E-state index is 13.0. The molecule has 1 unspecified atom stereocenters. The van der Waals surface area contributed by atoms with Crippen molar-refractivity contribution in [3.8, 4) is 0 Å². The van der Waals surface area contributed by atoms with Crippen LogP contribution in [0.25, 0.3) is 0 Å². The van der Waals surface area contributed by atoms with Gasteiger partial charge in [0.2, 0.25) is 5.91 Å². The third-order valence-corrected chi connectivity index (χ3v) is 6.45. The number of benzene rings is 1. The van der Waals surface area contributed by atoms with Crippen LogP contribution in [0.1, 0.15) is 56.9 Å². The zero-order valence-corrected chi connectivity index (χ0v) is 15.4. The van der Waals surface area contributed by atoms with Crippen LogP contribution in [0.4, 0.5) is 0 Å². The molecule has 1 heterocycles. The molecule has 1 amide bonds. The Morgan fingerprint density at radius 1 is 1.00 bits per heavy atom. The fraction of sp³-hybridized carbons (Fsp3) is 0.682. The van der Waals surface area contributed by atoms with Crippen LogP contribution < -0.4 is 0 Å². The summed E-state index contributed by atoms with van der Waals surface area (Å²) in [6, 6.07) is 11.9. The topological polar surface area (TPSA) is 23.6 Å². The summed E-state index contributed by atoms with van der Waals surface area (Å²) in [5.74, 6) is 1.22. The summed E-state index contributed by atoms with van der Waals surface area (Å²) >= 11 is 0. The van der Waals surface area contributed by atoms with E-state index in [1.54, 1.807) is 0 Å². The summed E-state index contributed by atoms with van der Waals surface area (Å²) in [6.45, 7) is 3.07. The zero-order chi connectivity index (χ0) is 17.1. The van der Waals surface area contributed by atoms with Gasteiger partial charge in [-0.25, -0.2) is 0 Å². The Morgan fingerprint density at radius 3 is 2.48 bits per heavy atom. The van der Waals surface area contributed by atoms with Crippen LogP contribution in [0.5, 0.6) is 0 Å². The maximum Gasteiger partial charge on any atom is 0.222 e. The van der Waals surface area contributed by atoms with Crippen LogP contribution in [0.3, 0.4) is 0 Å². The molecule has 25 heavy (non-hydrogen) atoms. The summed E-state index contributed by atoms with van der Waals surface area (Å²) < 4.78 is 0. The number of piperazine rings is 1. The van der Waals surface area contributed by atoms with Gasteiger partial charge in [0.1, 0.15) is 0 Å². The van der Waals surface area contributed by atoms with Crippen LogP contribution in [-0.4, -0.2) is 47.4 Å². The van der Waals surface area contributed by atoms with Crippen molar-refractivity contribution in [1.82, 2.24) is 9.80 Å². The Morgan fingerprint density at radius 2 is 1.76 bits per heavy atom. The molecule has 2 saturated carbocycles. The minimum Gasteiger partial charge on any atom is -0.337 e. The highest BCUT2D eigenvalue weighted by atomic mass is 16.2. The number of amides is 1. The van der Waals surface area contributed by atoms with Crippen LogP contribution in [0.15, 0.2) is 30.3 Å². The predicted octanol–water partition coefficient (Wildman–Crippen LogP) is 3.87. The first-order valence-electron chi connectivity index (χ1n) is 10.4. The summed E-state index contributed by atoms with van der Waals surface area (Å²) in [6.07, 6.45) is 11.0. The summed E-state index contributed by atoms with van der Waals surface area (Å²) in [7, 11) is 0. The molecule has 0 N–H and O–H groups in total. The average molecular weight is 341 g/mol. The third kappa shape index (κ3) is 4.44. The number of hydrogen-bond acceptors (Lipinski definition) is 2. The number of carbonyl (C=O) groups excluding carboxylic acids is 1. The van der Waals surface area contributed by atoms with Gasteiger partial charge >= 0.3 is 0 Å². The van der Waals surface area contributed by atoms with Crippen molar-refractivity contribution >= 4 is 5.91 Å². The zero-order valence-electron chi connectivity index (χ0n) is 15.4. The highest BCUT2D eigenvalue weighted by molar-refractivity contribution is 5.76. The first kappa shape index (κ1) is 17.1. The third-order valence-electron chi connectivity index (χ3n) is 6.45. The molecule has 3 nitrogen and oxygen atoms in total. The second-order valence-electron chi connectivity index (χ2n) is 8.35. The van der Waals surface area contributed by atoms with E-state index in [0.29, 0.717) is 11.9 Å². The van der Waals surface area contributed by atoms with Gasteiger partial charge in [-0.1, -0.05) is 56.0 Å². The monoisotopic (exact) mass is 340 g/mol. The van der Waals surface area contributed by atoms with Crippen LogP contribution in [0.2, 0.25) is 0 Å². The standard InChI is InChI=1S/C22H32N2O/c25-22(13-10-18-6-4-5-7-18)24-15-14-23(20-11-12-20)17-21(24)16-19-8-2-1-3-9-19/h1-3,8-9,18,20-21H,4-7,10-17H2. The molecule has 1 aliphatic heterocycles. The van der Waals surface area contributed by atoms with Gasteiger partial charge in [-0.2, -0.15) is 0 Å². The van der Waals surface area contributed by atoms with Gasteiger partial charge < -0.3 is 4.90 Å². The molecular formula is C22H32N2O. The van der Waals surface area contributed by atoms with E-state index in [4.69, 9.17) is 0 Å². The lowest BCUT2D eigenvalue weighted by Gasteiger charge is -2.42. The van der Waals surface area contributed by atoms with E-state index in [9.17, 15) is 4.79 Å². The van der Waals surface area contributed by atoms with Gasteiger partial charge in [0.25, 0.3) is 0 Å². The van der Waals surface area contributed by atoms with Crippen molar-refractivity contribution < 1.29 is 4.79 Å². The fourth-order valence-electron chi connectivity index (χ4n) is 4.81. The molecule has 1 aromatic rings. The molecule has 136 valence electrons. The second-order valence-corrected chi connectivity index (χ2v) is 8.35. The Kier molecular flexibility index (Phi) is 5.40. The highest BCUT2D eigenvalue weighted by Gasteiger charge is 2.37. The van der Waals surface area contributed by atoms with Crippen molar-refractivity contribution in [2.24, 2.45) is 5.92 Å². The Balaban J connectivity index is 1.39. The predicted molar refractivity (Wildman–Crippen MR) is 101 cm³/mol. The fourth-order valence-corrected chi connectivity index (χ4v) is 4.81. The van der Waals surface area contributed by atoms with E-state index in [1.807, 2.05) is 0 Å². The van der Waals surface area contributed by atoms with Crippen molar-refractivity contribution in [2.75, 3.05) is 19.6 Å². The minimum atomic E-state index is 0.354. The van der Waals surface area contributed by atoms with E-state index in [-0.39, 0.29) is 0 Å². The molecule has 1 aromatic carbocycles. The molecule has 0 radical (unpaired) electrons. The lowest BCUT2D eigenvalue weighted by atomic mass is 9.98. The highest BCUT2D eigenvalue weighted by Crippen LogP contribution is 2.31. The Bertz CT molecular complexity index is 563. The molecule has 3 aliphatic rings. The van der Waals surface area contributed by atoms with Gasteiger partial charge in [0.05, 0.1) is 0 Å². The molecule has 1 saturated heterocycles. The number of nitrogens with zero attached hydrogens (tertiary/aromatic N) is 2.